The molecule has 1 heterocycles. The van der Waals surface area contributed by atoms with Gasteiger partial charge in [-0.05, 0) is 46.3 Å². The van der Waals surface area contributed by atoms with E-state index in [-0.39, 0.29) is 32.1 Å². The molecule has 0 unspecified atom stereocenters. The highest BCUT2D eigenvalue weighted by atomic mass is 79.9. The van der Waals surface area contributed by atoms with Crippen LogP contribution in [-0.4, -0.2) is 49.1 Å². The quantitative estimate of drug-likeness (QED) is 0.686. The lowest BCUT2D eigenvalue weighted by atomic mass is 10.1. The Morgan fingerprint density at radius 1 is 1.03 bits per heavy atom. The van der Waals surface area contributed by atoms with Gasteiger partial charge in [-0.15, -0.1) is 0 Å². The van der Waals surface area contributed by atoms with Crippen molar-refractivity contribution in [3.8, 4) is 0 Å². The predicted molar refractivity (Wildman–Crippen MR) is 108 cm³/mol. The summed E-state index contributed by atoms with van der Waals surface area (Å²) in [4.78, 5) is 26.7. The minimum absolute atomic E-state index is 0.0708. The molecule has 0 aromatic heterocycles. The summed E-state index contributed by atoms with van der Waals surface area (Å²) in [7, 11) is 0. The molecule has 0 aliphatic carbocycles. The summed E-state index contributed by atoms with van der Waals surface area (Å²) in [5.41, 5.74) is 1.49. The predicted octanol–water partition coefficient (Wildman–Crippen LogP) is 4.57. The SMILES string of the molecule is O=C(Nc1cc(Cl)ccc1N1CCN(C(=O)C(F)(F)F)CC1)c1ccccc1Br. The largest absolute Gasteiger partial charge is 0.471 e. The maximum atomic E-state index is 12.7. The highest BCUT2D eigenvalue weighted by Crippen LogP contribution is 2.31. The van der Waals surface area contributed by atoms with E-state index in [1.54, 1.807) is 42.5 Å². The number of carbonyl (C=O) groups excluding carboxylic acids is 2. The molecular formula is C19H16BrClF3N3O2. The van der Waals surface area contributed by atoms with Gasteiger partial charge in [0.05, 0.1) is 16.9 Å². The summed E-state index contributed by atoms with van der Waals surface area (Å²) < 4.78 is 38.5. The van der Waals surface area contributed by atoms with Crippen LogP contribution >= 0.6 is 27.5 Å². The lowest BCUT2D eigenvalue weighted by Crippen LogP contribution is -2.52. The Kier molecular flexibility index (Phi) is 6.38. The molecule has 1 saturated heterocycles. The van der Waals surface area contributed by atoms with Gasteiger partial charge in [0.1, 0.15) is 0 Å². The van der Waals surface area contributed by atoms with Crippen LogP contribution in [0.3, 0.4) is 0 Å². The fourth-order valence-corrected chi connectivity index (χ4v) is 3.69. The van der Waals surface area contributed by atoms with Crippen molar-refractivity contribution in [2.75, 3.05) is 36.4 Å². The van der Waals surface area contributed by atoms with Crippen LogP contribution in [0.1, 0.15) is 10.4 Å². The van der Waals surface area contributed by atoms with Crippen LogP contribution in [0, 0.1) is 0 Å². The van der Waals surface area contributed by atoms with Gasteiger partial charge in [0.25, 0.3) is 5.91 Å². The van der Waals surface area contributed by atoms with Crippen molar-refractivity contribution >= 4 is 50.7 Å². The minimum atomic E-state index is -4.88. The molecule has 1 fully saturated rings. The molecule has 0 spiro atoms. The van der Waals surface area contributed by atoms with Gasteiger partial charge < -0.3 is 15.1 Å². The van der Waals surface area contributed by atoms with E-state index in [1.807, 2.05) is 4.90 Å². The van der Waals surface area contributed by atoms with Gasteiger partial charge in [0.15, 0.2) is 0 Å². The van der Waals surface area contributed by atoms with Crippen molar-refractivity contribution in [3.05, 3.63) is 57.5 Å². The summed E-state index contributed by atoms with van der Waals surface area (Å²) in [5.74, 6) is -2.19. The number of benzene rings is 2. The number of halogens is 5. The number of nitrogens with zero attached hydrogens (tertiary/aromatic N) is 2. The lowest BCUT2D eigenvalue weighted by molar-refractivity contribution is -0.185. The summed E-state index contributed by atoms with van der Waals surface area (Å²) >= 11 is 9.40. The number of hydrogen-bond donors (Lipinski definition) is 1. The molecule has 5 nitrogen and oxygen atoms in total. The first kappa shape index (κ1) is 21.4. The van der Waals surface area contributed by atoms with E-state index < -0.39 is 12.1 Å². The number of piperazine rings is 1. The van der Waals surface area contributed by atoms with Gasteiger partial charge >= 0.3 is 12.1 Å². The molecule has 0 bridgehead atoms. The van der Waals surface area contributed by atoms with E-state index >= 15 is 0 Å². The number of alkyl halides is 3. The maximum absolute atomic E-state index is 12.7. The van der Waals surface area contributed by atoms with Gasteiger partial charge in [0.2, 0.25) is 0 Å². The van der Waals surface area contributed by atoms with Crippen LogP contribution in [0.25, 0.3) is 0 Å². The maximum Gasteiger partial charge on any atom is 0.471 e. The Balaban J connectivity index is 1.77. The third-order valence-corrected chi connectivity index (χ3v) is 5.40. The molecule has 0 radical (unpaired) electrons. The molecule has 29 heavy (non-hydrogen) atoms. The van der Waals surface area contributed by atoms with Crippen LogP contribution in [0.15, 0.2) is 46.9 Å². The van der Waals surface area contributed by atoms with Gasteiger partial charge in [-0.25, -0.2) is 0 Å². The number of amides is 2. The molecule has 1 aliphatic rings. The molecule has 0 saturated carbocycles. The first-order chi connectivity index (χ1) is 13.7. The van der Waals surface area contributed by atoms with Crippen molar-refractivity contribution in [2.24, 2.45) is 0 Å². The Labute approximate surface area is 178 Å². The van der Waals surface area contributed by atoms with E-state index in [1.165, 1.54) is 0 Å². The number of anilines is 2. The fourth-order valence-electron chi connectivity index (χ4n) is 3.05. The molecule has 2 aromatic carbocycles. The van der Waals surface area contributed by atoms with Gasteiger partial charge in [-0.3, -0.25) is 9.59 Å². The van der Waals surface area contributed by atoms with E-state index in [4.69, 9.17) is 11.6 Å². The summed E-state index contributed by atoms with van der Waals surface area (Å²) in [6.07, 6.45) is -4.88. The van der Waals surface area contributed by atoms with Gasteiger partial charge in [0, 0.05) is 35.7 Å². The Morgan fingerprint density at radius 2 is 1.69 bits per heavy atom. The van der Waals surface area contributed by atoms with Crippen LogP contribution in [-0.2, 0) is 4.79 Å². The third-order valence-electron chi connectivity index (χ3n) is 4.48. The number of hydrogen-bond acceptors (Lipinski definition) is 3. The zero-order valence-corrected chi connectivity index (χ0v) is 17.3. The van der Waals surface area contributed by atoms with Crippen molar-refractivity contribution in [1.29, 1.82) is 0 Å². The van der Waals surface area contributed by atoms with E-state index in [0.717, 1.165) is 4.90 Å². The zero-order valence-electron chi connectivity index (χ0n) is 15.0. The summed E-state index contributed by atoms with van der Waals surface area (Å²) in [6, 6.07) is 11.8. The Bertz CT molecular complexity index is 931. The smallest absolute Gasteiger partial charge is 0.366 e. The number of nitrogens with one attached hydrogen (secondary N) is 1. The number of carbonyl (C=O) groups is 2. The van der Waals surface area contributed by atoms with Gasteiger partial charge in [-0.2, -0.15) is 13.2 Å². The molecule has 10 heteroatoms. The van der Waals surface area contributed by atoms with E-state index in [9.17, 15) is 22.8 Å². The first-order valence-corrected chi connectivity index (χ1v) is 9.80. The molecule has 2 amide bonds. The second kappa shape index (κ2) is 8.62. The Hall–Kier alpha value is -2.26. The molecule has 1 aliphatic heterocycles. The third kappa shape index (κ3) is 5.02. The van der Waals surface area contributed by atoms with Crippen LogP contribution in [0.5, 0.6) is 0 Å². The molecule has 0 atom stereocenters. The molecule has 154 valence electrons. The topological polar surface area (TPSA) is 52.7 Å². The second-order valence-corrected chi connectivity index (χ2v) is 7.66. The van der Waals surface area contributed by atoms with Gasteiger partial charge in [-0.1, -0.05) is 23.7 Å². The summed E-state index contributed by atoms with van der Waals surface area (Å²) in [5, 5.41) is 3.21. The van der Waals surface area contributed by atoms with E-state index in [0.29, 0.717) is 26.4 Å². The highest BCUT2D eigenvalue weighted by molar-refractivity contribution is 9.10. The molecule has 2 aromatic rings. The Morgan fingerprint density at radius 3 is 2.31 bits per heavy atom. The van der Waals surface area contributed by atoms with Crippen molar-refractivity contribution in [3.63, 3.8) is 0 Å². The van der Waals surface area contributed by atoms with E-state index in [2.05, 4.69) is 21.2 Å². The molecule has 3 rings (SSSR count). The second-order valence-electron chi connectivity index (χ2n) is 6.37. The van der Waals surface area contributed by atoms with Crippen molar-refractivity contribution < 1.29 is 22.8 Å². The average molecular weight is 491 g/mol. The number of rotatable bonds is 3. The minimum Gasteiger partial charge on any atom is -0.366 e. The average Bonchev–Trinajstić information content (AvgIpc) is 2.67. The first-order valence-electron chi connectivity index (χ1n) is 8.63. The highest BCUT2D eigenvalue weighted by Gasteiger charge is 2.43. The van der Waals surface area contributed by atoms with Crippen molar-refractivity contribution in [1.82, 2.24) is 4.90 Å². The van der Waals surface area contributed by atoms with Crippen LogP contribution in [0.4, 0.5) is 24.5 Å². The zero-order chi connectivity index (χ0) is 21.2. The van der Waals surface area contributed by atoms with Crippen LogP contribution < -0.4 is 10.2 Å². The monoisotopic (exact) mass is 489 g/mol. The summed E-state index contributed by atoms with van der Waals surface area (Å²) in [6.45, 7) is 0.250. The molecule has 1 N–H and O–H groups in total. The molecular weight excluding hydrogens is 475 g/mol. The normalized spacial score (nSPS) is 14.7. The van der Waals surface area contributed by atoms with Crippen molar-refractivity contribution in [2.45, 2.75) is 6.18 Å². The fraction of sp³-hybridized carbons (Fsp3) is 0.263. The lowest BCUT2D eigenvalue weighted by Gasteiger charge is -2.37. The van der Waals surface area contributed by atoms with Crippen LogP contribution in [0.2, 0.25) is 5.02 Å². The standard InChI is InChI=1S/C19H16BrClF3N3O2/c20-14-4-2-1-3-13(14)17(28)25-15-11-12(21)5-6-16(15)26-7-9-27(10-8-26)18(29)19(22,23)24/h1-6,11H,7-10H2,(H,25,28).